The molecule has 0 saturated carbocycles. The van der Waals surface area contributed by atoms with Crippen molar-refractivity contribution in [1.82, 2.24) is 14.6 Å². The van der Waals surface area contributed by atoms with Gasteiger partial charge in [-0.05, 0) is 38.9 Å². The van der Waals surface area contributed by atoms with E-state index >= 15 is 0 Å². The lowest BCUT2D eigenvalue weighted by Crippen LogP contribution is -2.43. The zero-order valence-electron chi connectivity index (χ0n) is 11.5. The molecule has 1 aliphatic heterocycles. The number of aromatic nitrogens is 1. The summed E-state index contributed by atoms with van der Waals surface area (Å²) in [4.78, 5) is 6.15. The summed E-state index contributed by atoms with van der Waals surface area (Å²) in [6.45, 7) is 4.67. The van der Waals surface area contributed by atoms with E-state index in [4.69, 9.17) is 11.6 Å². The topological polar surface area (TPSA) is 62.3 Å². The molecular formula is C13H20ClN3O2S. The maximum absolute atomic E-state index is 12.3. The number of likely N-dealkylation sites (tertiary alicyclic amines) is 1. The maximum Gasteiger partial charge on any atom is 0.243 e. The molecule has 0 spiro atoms. The minimum Gasteiger partial charge on any atom is -0.302 e. The van der Waals surface area contributed by atoms with Crippen LogP contribution in [-0.4, -0.2) is 44.0 Å². The highest BCUT2D eigenvalue weighted by Gasteiger charge is 2.22. The molecule has 1 fully saturated rings. The van der Waals surface area contributed by atoms with Crippen LogP contribution in [0.25, 0.3) is 0 Å². The molecule has 0 bridgehead atoms. The highest BCUT2D eigenvalue weighted by atomic mass is 35.5. The molecule has 1 aliphatic rings. The van der Waals surface area contributed by atoms with Crippen LogP contribution in [0, 0.1) is 0 Å². The van der Waals surface area contributed by atoms with Crippen molar-refractivity contribution in [2.24, 2.45) is 0 Å². The third kappa shape index (κ3) is 4.15. The van der Waals surface area contributed by atoms with E-state index in [1.807, 2.05) is 6.92 Å². The molecule has 1 saturated heterocycles. The number of hydrogen-bond acceptors (Lipinski definition) is 4. The number of halogens is 1. The SMILES string of the molecule is CC(CN1CCCCC1)NS(=O)(=O)c1cnccc1Cl. The first-order valence-electron chi connectivity index (χ1n) is 6.83. The van der Waals surface area contributed by atoms with Crippen LogP contribution in [-0.2, 0) is 10.0 Å². The molecule has 1 unspecified atom stereocenters. The molecule has 0 aliphatic carbocycles. The lowest BCUT2D eigenvalue weighted by molar-refractivity contribution is 0.215. The van der Waals surface area contributed by atoms with Crippen LogP contribution in [0.4, 0.5) is 0 Å². The largest absolute Gasteiger partial charge is 0.302 e. The van der Waals surface area contributed by atoms with Gasteiger partial charge in [-0.2, -0.15) is 0 Å². The van der Waals surface area contributed by atoms with Crippen LogP contribution < -0.4 is 4.72 Å². The number of piperidine rings is 1. The van der Waals surface area contributed by atoms with Gasteiger partial charge in [-0.15, -0.1) is 0 Å². The standard InChI is InChI=1S/C13H20ClN3O2S/c1-11(10-17-7-3-2-4-8-17)16-20(18,19)13-9-15-6-5-12(13)14/h5-6,9,11,16H,2-4,7-8,10H2,1H3. The van der Waals surface area contributed by atoms with Crippen molar-refractivity contribution in [3.63, 3.8) is 0 Å². The van der Waals surface area contributed by atoms with Crippen molar-refractivity contribution in [1.29, 1.82) is 0 Å². The second-order valence-electron chi connectivity index (χ2n) is 5.19. The summed E-state index contributed by atoms with van der Waals surface area (Å²) in [6.07, 6.45) is 6.39. The van der Waals surface area contributed by atoms with Crippen molar-refractivity contribution in [3.8, 4) is 0 Å². The van der Waals surface area contributed by atoms with Gasteiger partial charge in [0.25, 0.3) is 0 Å². The Bertz CT molecular complexity index is 544. The summed E-state index contributed by atoms with van der Waals surface area (Å²) in [5.41, 5.74) is 0. The molecule has 1 aromatic rings. The van der Waals surface area contributed by atoms with Crippen LogP contribution in [0.15, 0.2) is 23.4 Å². The normalized spacial score (nSPS) is 18.9. The second kappa shape index (κ2) is 6.85. The van der Waals surface area contributed by atoms with Crippen LogP contribution >= 0.6 is 11.6 Å². The van der Waals surface area contributed by atoms with Gasteiger partial charge in [0, 0.05) is 25.0 Å². The average Bonchev–Trinajstić information content (AvgIpc) is 2.39. The monoisotopic (exact) mass is 317 g/mol. The minimum atomic E-state index is -3.61. The summed E-state index contributed by atoms with van der Waals surface area (Å²) in [7, 11) is -3.61. The molecular weight excluding hydrogens is 298 g/mol. The minimum absolute atomic E-state index is 0.0344. The zero-order chi connectivity index (χ0) is 14.6. The van der Waals surface area contributed by atoms with Gasteiger partial charge in [-0.25, -0.2) is 13.1 Å². The first-order valence-corrected chi connectivity index (χ1v) is 8.69. The van der Waals surface area contributed by atoms with E-state index in [0.717, 1.165) is 19.6 Å². The molecule has 2 rings (SSSR count). The van der Waals surface area contributed by atoms with Crippen molar-refractivity contribution < 1.29 is 8.42 Å². The molecule has 0 aromatic carbocycles. The molecule has 7 heteroatoms. The van der Waals surface area contributed by atoms with Crippen LogP contribution in [0.1, 0.15) is 26.2 Å². The van der Waals surface area contributed by atoms with E-state index in [9.17, 15) is 8.42 Å². The zero-order valence-corrected chi connectivity index (χ0v) is 13.1. The molecule has 20 heavy (non-hydrogen) atoms. The average molecular weight is 318 g/mol. The summed E-state index contributed by atoms with van der Waals surface area (Å²) in [5, 5.41) is 0.192. The molecule has 1 aromatic heterocycles. The van der Waals surface area contributed by atoms with Crippen LogP contribution in [0.3, 0.4) is 0 Å². The highest BCUT2D eigenvalue weighted by molar-refractivity contribution is 7.89. The summed E-state index contributed by atoms with van der Waals surface area (Å²) in [5.74, 6) is 0. The number of pyridine rings is 1. The van der Waals surface area contributed by atoms with Crippen molar-refractivity contribution >= 4 is 21.6 Å². The van der Waals surface area contributed by atoms with Gasteiger partial charge in [0.2, 0.25) is 10.0 Å². The Morgan fingerprint density at radius 2 is 2.10 bits per heavy atom. The van der Waals surface area contributed by atoms with Gasteiger partial charge in [0.1, 0.15) is 4.90 Å². The number of nitrogens with zero attached hydrogens (tertiary/aromatic N) is 2. The van der Waals surface area contributed by atoms with Gasteiger partial charge in [-0.1, -0.05) is 18.0 Å². The van der Waals surface area contributed by atoms with Crippen LogP contribution in [0.2, 0.25) is 5.02 Å². The van der Waals surface area contributed by atoms with E-state index in [1.54, 1.807) is 0 Å². The summed E-state index contributed by atoms with van der Waals surface area (Å²) < 4.78 is 27.2. The lowest BCUT2D eigenvalue weighted by Gasteiger charge is -2.29. The molecule has 1 atom stereocenters. The van der Waals surface area contributed by atoms with E-state index in [1.165, 1.54) is 37.7 Å². The number of sulfonamides is 1. The van der Waals surface area contributed by atoms with Gasteiger partial charge in [-0.3, -0.25) is 4.98 Å². The Balaban J connectivity index is 1.99. The first kappa shape index (κ1) is 15.7. The third-order valence-electron chi connectivity index (χ3n) is 3.36. The molecule has 0 radical (unpaired) electrons. The fourth-order valence-corrected chi connectivity index (χ4v) is 4.12. The molecule has 0 amide bonds. The van der Waals surface area contributed by atoms with Crippen molar-refractivity contribution in [3.05, 3.63) is 23.5 Å². The predicted octanol–water partition coefficient (Wildman–Crippen LogP) is 1.89. The lowest BCUT2D eigenvalue weighted by atomic mass is 10.1. The van der Waals surface area contributed by atoms with Gasteiger partial charge < -0.3 is 4.90 Å². The Morgan fingerprint density at radius 1 is 1.40 bits per heavy atom. The maximum atomic E-state index is 12.3. The Labute approximate surface area is 125 Å². The fourth-order valence-electron chi connectivity index (χ4n) is 2.46. The number of hydrogen-bond donors (Lipinski definition) is 1. The van der Waals surface area contributed by atoms with Crippen LogP contribution in [0.5, 0.6) is 0 Å². The summed E-state index contributed by atoms with van der Waals surface area (Å²) >= 11 is 5.91. The second-order valence-corrected chi connectivity index (χ2v) is 7.28. The van der Waals surface area contributed by atoms with Crippen molar-refractivity contribution in [2.45, 2.75) is 37.1 Å². The van der Waals surface area contributed by atoms with E-state index in [-0.39, 0.29) is 16.0 Å². The Hall–Kier alpha value is -0.690. The molecule has 5 nitrogen and oxygen atoms in total. The quantitative estimate of drug-likeness (QED) is 0.901. The van der Waals surface area contributed by atoms with E-state index in [0.29, 0.717) is 0 Å². The number of rotatable bonds is 5. The van der Waals surface area contributed by atoms with E-state index in [2.05, 4.69) is 14.6 Å². The Kier molecular flexibility index (Phi) is 5.37. The summed E-state index contributed by atoms with van der Waals surface area (Å²) in [6, 6.07) is 1.32. The molecule has 112 valence electrons. The molecule has 2 heterocycles. The predicted molar refractivity (Wildman–Crippen MR) is 79.3 cm³/mol. The highest BCUT2D eigenvalue weighted by Crippen LogP contribution is 2.19. The fraction of sp³-hybridized carbons (Fsp3) is 0.615. The van der Waals surface area contributed by atoms with Crippen molar-refractivity contribution in [2.75, 3.05) is 19.6 Å². The van der Waals surface area contributed by atoms with Gasteiger partial charge >= 0.3 is 0 Å². The molecule has 1 N–H and O–H groups in total. The first-order chi connectivity index (χ1) is 9.49. The Morgan fingerprint density at radius 3 is 2.75 bits per heavy atom. The van der Waals surface area contributed by atoms with Gasteiger partial charge in [0.15, 0.2) is 0 Å². The van der Waals surface area contributed by atoms with Gasteiger partial charge in [0.05, 0.1) is 5.02 Å². The van der Waals surface area contributed by atoms with E-state index < -0.39 is 10.0 Å². The number of nitrogens with one attached hydrogen (secondary N) is 1. The third-order valence-corrected chi connectivity index (χ3v) is 5.42. The smallest absolute Gasteiger partial charge is 0.243 e.